The van der Waals surface area contributed by atoms with Crippen molar-refractivity contribution in [2.75, 3.05) is 11.9 Å². The first-order valence-electron chi connectivity index (χ1n) is 6.34. The van der Waals surface area contributed by atoms with Gasteiger partial charge in [0.1, 0.15) is 5.82 Å². The SMILES string of the molecule is N#Cc1cc(NCCn2ccnn2)nc2ccc(Cl)cc12. The van der Waals surface area contributed by atoms with E-state index in [9.17, 15) is 5.26 Å². The second-order valence-corrected chi connectivity index (χ2v) is 4.86. The van der Waals surface area contributed by atoms with Gasteiger partial charge in [0.25, 0.3) is 0 Å². The second-order valence-electron chi connectivity index (χ2n) is 4.42. The van der Waals surface area contributed by atoms with Gasteiger partial charge in [-0.1, -0.05) is 16.8 Å². The maximum Gasteiger partial charge on any atom is 0.128 e. The number of aromatic nitrogens is 4. The van der Waals surface area contributed by atoms with Gasteiger partial charge in [0.15, 0.2) is 0 Å². The molecule has 3 rings (SSSR count). The van der Waals surface area contributed by atoms with Crippen molar-refractivity contribution < 1.29 is 0 Å². The van der Waals surface area contributed by atoms with Crippen molar-refractivity contribution in [2.45, 2.75) is 6.54 Å². The minimum atomic E-state index is 0.547. The highest BCUT2D eigenvalue weighted by molar-refractivity contribution is 6.31. The molecule has 0 bridgehead atoms. The molecule has 0 fully saturated rings. The number of fused-ring (bicyclic) bond motifs is 1. The van der Waals surface area contributed by atoms with Gasteiger partial charge in [-0.2, -0.15) is 5.26 Å². The third-order valence-electron chi connectivity index (χ3n) is 3.01. The molecule has 0 radical (unpaired) electrons. The van der Waals surface area contributed by atoms with Crippen molar-refractivity contribution in [2.24, 2.45) is 0 Å². The minimum Gasteiger partial charge on any atom is -0.368 e. The van der Waals surface area contributed by atoms with Crippen LogP contribution in [0.2, 0.25) is 5.02 Å². The molecule has 1 N–H and O–H groups in total. The van der Waals surface area contributed by atoms with E-state index in [0.717, 1.165) is 10.9 Å². The van der Waals surface area contributed by atoms with Crippen LogP contribution in [0.25, 0.3) is 10.9 Å². The highest BCUT2D eigenvalue weighted by atomic mass is 35.5. The maximum absolute atomic E-state index is 9.26. The number of nitrogens with zero attached hydrogens (tertiary/aromatic N) is 5. The largest absolute Gasteiger partial charge is 0.368 e. The zero-order valence-corrected chi connectivity index (χ0v) is 11.7. The van der Waals surface area contributed by atoms with E-state index in [1.807, 2.05) is 0 Å². The van der Waals surface area contributed by atoms with Gasteiger partial charge in [0, 0.05) is 23.2 Å². The summed E-state index contributed by atoms with van der Waals surface area (Å²) in [5.41, 5.74) is 1.28. The first-order chi connectivity index (χ1) is 10.3. The molecule has 7 heteroatoms. The van der Waals surface area contributed by atoms with Gasteiger partial charge in [-0.3, -0.25) is 4.68 Å². The molecule has 0 saturated carbocycles. The summed E-state index contributed by atoms with van der Waals surface area (Å²) in [5.74, 6) is 0.654. The molecular weight excluding hydrogens is 288 g/mol. The molecule has 104 valence electrons. The van der Waals surface area contributed by atoms with Crippen molar-refractivity contribution in [1.29, 1.82) is 5.26 Å². The molecule has 0 amide bonds. The van der Waals surface area contributed by atoms with Gasteiger partial charge in [0.05, 0.1) is 29.9 Å². The van der Waals surface area contributed by atoms with Crippen LogP contribution < -0.4 is 5.32 Å². The third-order valence-corrected chi connectivity index (χ3v) is 3.25. The molecule has 6 nitrogen and oxygen atoms in total. The lowest BCUT2D eigenvalue weighted by Gasteiger charge is -2.08. The number of halogens is 1. The van der Waals surface area contributed by atoms with Crippen LogP contribution >= 0.6 is 11.6 Å². The van der Waals surface area contributed by atoms with E-state index in [-0.39, 0.29) is 0 Å². The molecule has 21 heavy (non-hydrogen) atoms. The number of nitriles is 1. The van der Waals surface area contributed by atoms with E-state index in [1.165, 1.54) is 0 Å². The highest BCUT2D eigenvalue weighted by Gasteiger charge is 2.06. The lowest BCUT2D eigenvalue weighted by molar-refractivity contribution is 0.608. The van der Waals surface area contributed by atoms with E-state index in [4.69, 9.17) is 11.6 Å². The average Bonchev–Trinajstić information content (AvgIpc) is 3.00. The van der Waals surface area contributed by atoms with Crippen molar-refractivity contribution in [1.82, 2.24) is 20.0 Å². The standard InChI is InChI=1S/C14H11ClN6/c15-11-1-2-13-12(8-11)10(9-16)7-14(19-13)17-3-5-21-6-4-18-20-21/h1-2,4,6-8H,3,5H2,(H,17,19). The first kappa shape index (κ1) is 13.3. The molecule has 0 aliphatic carbocycles. The molecule has 0 unspecified atom stereocenters. The molecule has 0 atom stereocenters. The van der Waals surface area contributed by atoms with Gasteiger partial charge in [-0.25, -0.2) is 4.98 Å². The Bertz CT molecular complexity index is 806. The molecule has 1 aromatic carbocycles. The topological polar surface area (TPSA) is 79.4 Å². The molecule has 0 spiro atoms. The summed E-state index contributed by atoms with van der Waals surface area (Å²) in [4.78, 5) is 4.48. The van der Waals surface area contributed by atoms with Crippen molar-refractivity contribution in [3.8, 4) is 6.07 Å². The van der Waals surface area contributed by atoms with Crippen molar-refractivity contribution >= 4 is 28.3 Å². The number of rotatable bonds is 4. The molecule has 2 heterocycles. The molecular formula is C14H11ClN6. The minimum absolute atomic E-state index is 0.547. The van der Waals surface area contributed by atoms with Crippen LogP contribution in [0, 0.1) is 11.3 Å². The summed E-state index contributed by atoms with van der Waals surface area (Å²) < 4.78 is 1.72. The van der Waals surface area contributed by atoms with Crippen molar-refractivity contribution in [3.05, 3.63) is 47.2 Å². The lowest BCUT2D eigenvalue weighted by Crippen LogP contribution is -2.12. The summed E-state index contributed by atoms with van der Waals surface area (Å²) in [6, 6.07) is 9.22. The summed E-state index contributed by atoms with van der Waals surface area (Å²) in [6.07, 6.45) is 3.42. The number of benzene rings is 1. The number of anilines is 1. The lowest BCUT2D eigenvalue weighted by atomic mass is 10.1. The van der Waals surface area contributed by atoms with Gasteiger partial charge in [-0.05, 0) is 24.3 Å². The van der Waals surface area contributed by atoms with Crippen LogP contribution in [0.4, 0.5) is 5.82 Å². The zero-order chi connectivity index (χ0) is 14.7. The fourth-order valence-corrected chi connectivity index (χ4v) is 2.20. The third kappa shape index (κ3) is 2.93. The Morgan fingerprint density at radius 1 is 1.33 bits per heavy atom. The fraction of sp³-hybridized carbons (Fsp3) is 0.143. The second kappa shape index (κ2) is 5.77. The van der Waals surface area contributed by atoms with Crippen LogP contribution in [0.3, 0.4) is 0 Å². The van der Waals surface area contributed by atoms with Gasteiger partial charge in [0.2, 0.25) is 0 Å². The maximum atomic E-state index is 9.26. The van der Waals surface area contributed by atoms with E-state index in [1.54, 1.807) is 41.3 Å². The monoisotopic (exact) mass is 298 g/mol. The highest BCUT2D eigenvalue weighted by Crippen LogP contribution is 2.23. The molecule has 0 saturated heterocycles. The predicted octanol–water partition coefficient (Wildman–Crippen LogP) is 2.46. The Balaban J connectivity index is 1.82. The predicted molar refractivity (Wildman–Crippen MR) is 80.0 cm³/mol. The Morgan fingerprint density at radius 3 is 3.00 bits per heavy atom. The number of hydrogen-bond donors (Lipinski definition) is 1. The normalized spacial score (nSPS) is 10.5. The van der Waals surface area contributed by atoms with Crippen LogP contribution in [0.5, 0.6) is 0 Å². The molecule has 2 aromatic heterocycles. The summed E-state index contributed by atoms with van der Waals surface area (Å²) >= 11 is 5.96. The Kier molecular flexibility index (Phi) is 3.67. The first-order valence-corrected chi connectivity index (χ1v) is 6.72. The Labute approximate surface area is 126 Å². The van der Waals surface area contributed by atoms with E-state index in [0.29, 0.717) is 29.5 Å². The van der Waals surface area contributed by atoms with E-state index < -0.39 is 0 Å². The van der Waals surface area contributed by atoms with Gasteiger partial charge >= 0.3 is 0 Å². The fourth-order valence-electron chi connectivity index (χ4n) is 2.03. The van der Waals surface area contributed by atoms with E-state index in [2.05, 4.69) is 26.7 Å². The number of nitrogens with one attached hydrogen (secondary N) is 1. The molecule has 0 aliphatic heterocycles. The average molecular weight is 299 g/mol. The number of pyridine rings is 1. The van der Waals surface area contributed by atoms with Gasteiger partial charge < -0.3 is 5.32 Å². The van der Waals surface area contributed by atoms with Gasteiger partial charge in [-0.15, -0.1) is 5.10 Å². The molecule has 3 aromatic rings. The van der Waals surface area contributed by atoms with Crippen LogP contribution in [0.1, 0.15) is 5.56 Å². The zero-order valence-electron chi connectivity index (χ0n) is 11.0. The Morgan fingerprint density at radius 2 is 2.24 bits per heavy atom. The Hall–Kier alpha value is -2.65. The summed E-state index contributed by atoms with van der Waals surface area (Å²) in [7, 11) is 0. The molecule has 0 aliphatic rings. The number of hydrogen-bond acceptors (Lipinski definition) is 5. The summed E-state index contributed by atoms with van der Waals surface area (Å²) in [5, 5.41) is 21.4. The van der Waals surface area contributed by atoms with Crippen LogP contribution in [-0.2, 0) is 6.54 Å². The quantitative estimate of drug-likeness (QED) is 0.800. The summed E-state index contributed by atoms with van der Waals surface area (Å²) in [6.45, 7) is 1.31. The van der Waals surface area contributed by atoms with Crippen molar-refractivity contribution in [3.63, 3.8) is 0 Å². The van der Waals surface area contributed by atoms with Crippen LogP contribution in [0.15, 0.2) is 36.7 Å². The smallest absolute Gasteiger partial charge is 0.128 e. The van der Waals surface area contributed by atoms with E-state index >= 15 is 0 Å². The van der Waals surface area contributed by atoms with Crippen LogP contribution in [-0.4, -0.2) is 26.5 Å².